The van der Waals surface area contributed by atoms with Gasteiger partial charge in [0.2, 0.25) is 10.0 Å². The monoisotopic (exact) mass is 285 g/mol. The smallest absolute Gasteiger partial charge is 0.250 e. The van der Waals surface area contributed by atoms with Crippen LogP contribution in [0.25, 0.3) is 0 Å². The normalized spacial score (nSPS) is 11.8. The first-order valence-electron chi connectivity index (χ1n) is 5.67. The van der Waals surface area contributed by atoms with Crippen LogP contribution >= 0.6 is 11.3 Å². The number of H-pyrrole nitrogens is 1. The van der Waals surface area contributed by atoms with E-state index in [1.807, 2.05) is 13.0 Å². The van der Waals surface area contributed by atoms with Crippen LogP contribution in [0.2, 0.25) is 0 Å². The molecule has 0 amide bonds. The molecule has 2 rings (SSSR count). The van der Waals surface area contributed by atoms with Gasteiger partial charge in [-0.1, -0.05) is 6.92 Å². The maximum absolute atomic E-state index is 12.0. The molecular weight excluding hydrogens is 270 g/mol. The van der Waals surface area contributed by atoms with E-state index in [4.69, 9.17) is 0 Å². The minimum Gasteiger partial charge on any atom is -0.348 e. The SMILES string of the molecule is CCc1ccc(S(=O)(=O)NCCc2cnc[nH]2)s1. The van der Waals surface area contributed by atoms with Crippen molar-refractivity contribution in [2.75, 3.05) is 6.54 Å². The lowest BCUT2D eigenvalue weighted by molar-refractivity contribution is 0.583. The van der Waals surface area contributed by atoms with Crippen LogP contribution in [-0.4, -0.2) is 24.9 Å². The van der Waals surface area contributed by atoms with Crippen LogP contribution in [-0.2, 0) is 22.9 Å². The first-order valence-corrected chi connectivity index (χ1v) is 7.97. The molecule has 5 nitrogen and oxygen atoms in total. The third kappa shape index (κ3) is 3.18. The summed E-state index contributed by atoms with van der Waals surface area (Å²) < 4.78 is 26.9. The fourth-order valence-corrected chi connectivity index (χ4v) is 3.88. The van der Waals surface area contributed by atoms with E-state index < -0.39 is 10.0 Å². The third-order valence-electron chi connectivity index (χ3n) is 2.49. The standard InChI is InChI=1S/C11H15N3O2S2/c1-2-10-3-4-11(17-10)18(15,16)14-6-5-9-7-12-8-13-9/h3-4,7-8,14H,2,5-6H2,1H3,(H,12,13). The molecule has 2 aromatic rings. The van der Waals surface area contributed by atoms with E-state index in [1.54, 1.807) is 18.6 Å². The van der Waals surface area contributed by atoms with Crippen molar-refractivity contribution < 1.29 is 8.42 Å². The van der Waals surface area contributed by atoms with Gasteiger partial charge < -0.3 is 4.98 Å². The Bertz CT molecular complexity index is 588. The van der Waals surface area contributed by atoms with E-state index in [9.17, 15) is 8.42 Å². The first kappa shape index (κ1) is 13.3. The highest BCUT2D eigenvalue weighted by Crippen LogP contribution is 2.21. The number of nitrogens with zero attached hydrogens (tertiary/aromatic N) is 1. The molecule has 98 valence electrons. The lowest BCUT2D eigenvalue weighted by Crippen LogP contribution is -2.25. The minimum atomic E-state index is -3.37. The van der Waals surface area contributed by atoms with Gasteiger partial charge in [0, 0.05) is 29.7 Å². The largest absolute Gasteiger partial charge is 0.348 e. The Labute approximate surface area is 110 Å². The zero-order chi connectivity index (χ0) is 13.0. The van der Waals surface area contributed by atoms with E-state index >= 15 is 0 Å². The lowest BCUT2D eigenvalue weighted by Gasteiger charge is -2.03. The Hall–Kier alpha value is -1.18. The van der Waals surface area contributed by atoms with Crippen molar-refractivity contribution in [1.29, 1.82) is 0 Å². The van der Waals surface area contributed by atoms with E-state index in [1.165, 1.54) is 11.3 Å². The van der Waals surface area contributed by atoms with Crippen LogP contribution in [0.15, 0.2) is 28.9 Å². The van der Waals surface area contributed by atoms with Crippen LogP contribution in [0.4, 0.5) is 0 Å². The number of thiophene rings is 1. The molecule has 0 aliphatic rings. The number of aromatic nitrogens is 2. The van der Waals surface area contributed by atoms with Gasteiger partial charge in [-0.15, -0.1) is 11.3 Å². The molecular formula is C11H15N3O2S2. The quantitative estimate of drug-likeness (QED) is 0.845. The zero-order valence-electron chi connectivity index (χ0n) is 10.0. The number of aryl methyl sites for hydroxylation is 1. The van der Waals surface area contributed by atoms with Gasteiger partial charge >= 0.3 is 0 Å². The maximum atomic E-state index is 12.0. The summed E-state index contributed by atoms with van der Waals surface area (Å²) in [5, 5.41) is 0. The van der Waals surface area contributed by atoms with E-state index in [-0.39, 0.29) is 0 Å². The average molecular weight is 285 g/mol. The van der Waals surface area contributed by atoms with Gasteiger partial charge in [-0.05, 0) is 18.6 Å². The molecule has 0 radical (unpaired) electrons. The predicted molar refractivity (Wildman–Crippen MR) is 71.2 cm³/mol. The number of hydrogen-bond donors (Lipinski definition) is 2. The Balaban J connectivity index is 1.95. The van der Waals surface area contributed by atoms with Crippen molar-refractivity contribution in [3.63, 3.8) is 0 Å². The van der Waals surface area contributed by atoms with E-state index in [0.717, 1.165) is 17.0 Å². The highest BCUT2D eigenvalue weighted by Gasteiger charge is 2.15. The predicted octanol–water partition coefficient (Wildman–Crippen LogP) is 1.55. The van der Waals surface area contributed by atoms with Gasteiger partial charge in [-0.25, -0.2) is 18.1 Å². The Kier molecular flexibility index (Phi) is 4.15. The number of aromatic amines is 1. The molecule has 0 unspecified atom stereocenters. The molecule has 0 saturated carbocycles. The maximum Gasteiger partial charge on any atom is 0.250 e. The fraction of sp³-hybridized carbons (Fsp3) is 0.364. The van der Waals surface area contributed by atoms with Crippen molar-refractivity contribution in [2.45, 2.75) is 24.0 Å². The average Bonchev–Trinajstić information content (AvgIpc) is 2.99. The second-order valence-electron chi connectivity index (χ2n) is 3.80. The Morgan fingerprint density at radius 2 is 2.28 bits per heavy atom. The molecule has 0 fully saturated rings. The number of nitrogens with one attached hydrogen (secondary N) is 2. The highest BCUT2D eigenvalue weighted by molar-refractivity contribution is 7.91. The summed E-state index contributed by atoms with van der Waals surface area (Å²) in [6.45, 7) is 2.37. The van der Waals surface area contributed by atoms with Crippen LogP contribution in [0.5, 0.6) is 0 Å². The third-order valence-corrected chi connectivity index (χ3v) is 5.67. The molecule has 0 saturated heterocycles. The van der Waals surface area contributed by atoms with Gasteiger partial charge in [0.1, 0.15) is 4.21 Å². The second-order valence-corrected chi connectivity index (χ2v) is 6.96. The molecule has 0 bridgehead atoms. The van der Waals surface area contributed by atoms with Gasteiger partial charge in [0.15, 0.2) is 0 Å². The molecule has 0 aliphatic heterocycles. The molecule has 2 aromatic heterocycles. The van der Waals surface area contributed by atoms with Crippen LogP contribution < -0.4 is 4.72 Å². The number of sulfonamides is 1. The summed E-state index contributed by atoms with van der Waals surface area (Å²) in [5.41, 5.74) is 0.915. The van der Waals surface area contributed by atoms with Gasteiger partial charge in [0.05, 0.1) is 6.33 Å². The van der Waals surface area contributed by atoms with Crippen molar-refractivity contribution in [3.8, 4) is 0 Å². The fourth-order valence-electron chi connectivity index (χ4n) is 1.51. The molecule has 0 spiro atoms. The van der Waals surface area contributed by atoms with Crippen LogP contribution in [0.3, 0.4) is 0 Å². The van der Waals surface area contributed by atoms with Gasteiger partial charge in [-0.3, -0.25) is 0 Å². The summed E-state index contributed by atoms with van der Waals surface area (Å²) >= 11 is 1.32. The summed E-state index contributed by atoms with van der Waals surface area (Å²) in [7, 11) is -3.37. The van der Waals surface area contributed by atoms with Crippen molar-refractivity contribution in [3.05, 3.63) is 35.2 Å². The minimum absolute atomic E-state index is 0.365. The molecule has 2 N–H and O–H groups in total. The van der Waals surface area contributed by atoms with Crippen LogP contribution in [0, 0.1) is 0 Å². The number of imidazole rings is 1. The topological polar surface area (TPSA) is 74.8 Å². The second kappa shape index (κ2) is 5.64. The molecule has 7 heteroatoms. The van der Waals surface area contributed by atoms with Crippen molar-refractivity contribution >= 4 is 21.4 Å². The van der Waals surface area contributed by atoms with Crippen molar-refractivity contribution in [2.24, 2.45) is 0 Å². The van der Waals surface area contributed by atoms with E-state index in [0.29, 0.717) is 17.2 Å². The van der Waals surface area contributed by atoms with Gasteiger partial charge in [0.25, 0.3) is 0 Å². The zero-order valence-corrected chi connectivity index (χ0v) is 11.6. The summed E-state index contributed by atoms with van der Waals surface area (Å²) in [5.74, 6) is 0. The first-order chi connectivity index (χ1) is 8.62. The Morgan fingerprint density at radius 3 is 2.89 bits per heavy atom. The number of rotatable bonds is 6. The molecule has 0 aliphatic carbocycles. The summed E-state index contributed by atoms with van der Waals surface area (Å²) in [6.07, 6.45) is 4.73. The molecule has 18 heavy (non-hydrogen) atoms. The molecule has 0 aromatic carbocycles. The number of hydrogen-bond acceptors (Lipinski definition) is 4. The summed E-state index contributed by atoms with van der Waals surface area (Å²) in [4.78, 5) is 7.89. The molecule has 0 atom stereocenters. The Morgan fingerprint density at radius 1 is 1.44 bits per heavy atom. The summed E-state index contributed by atoms with van der Waals surface area (Å²) in [6, 6.07) is 3.51. The lowest BCUT2D eigenvalue weighted by atomic mass is 10.3. The highest BCUT2D eigenvalue weighted by atomic mass is 32.2. The van der Waals surface area contributed by atoms with Crippen LogP contribution in [0.1, 0.15) is 17.5 Å². The van der Waals surface area contributed by atoms with Gasteiger partial charge in [-0.2, -0.15) is 0 Å². The molecule has 2 heterocycles. The van der Waals surface area contributed by atoms with Crippen molar-refractivity contribution in [1.82, 2.24) is 14.7 Å². The van der Waals surface area contributed by atoms with E-state index in [2.05, 4.69) is 14.7 Å².